The first kappa shape index (κ1) is 12.9. The summed E-state index contributed by atoms with van der Waals surface area (Å²) in [7, 11) is 0. The van der Waals surface area contributed by atoms with Crippen molar-refractivity contribution in [3.63, 3.8) is 0 Å². The molecular formula is C16H16N2OS. The number of nitrogen functional groups attached to an aromatic ring is 1. The number of aryl methyl sites for hydroxylation is 2. The lowest BCUT2D eigenvalue weighted by molar-refractivity contribution is 0.304. The topological polar surface area (TPSA) is 48.1 Å². The number of nitrogens with zero attached hydrogens (tertiary/aromatic N) is 1. The van der Waals surface area contributed by atoms with Crippen molar-refractivity contribution in [3.05, 3.63) is 52.5 Å². The highest BCUT2D eigenvalue weighted by Gasteiger charge is 2.07. The summed E-state index contributed by atoms with van der Waals surface area (Å²) < 4.78 is 7.04. The molecule has 0 fully saturated rings. The molecule has 1 aromatic heterocycles. The monoisotopic (exact) mass is 284 g/mol. The number of anilines is 1. The van der Waals surface area contributed by atoms with Crippen molar-refractivity contribution < 1.29 is 4.74 Å². The highest BCUT2D eigenvalue weighted by molar-refractivity contribution is 7.18. The number of para-hydroxylation sites is 1. The summed E-state index contributed by atoms with van der Waals surface area (Å²) in [6, 6.07) is 12.0. The Morgan fingerprint density at radius 1 is 1.15 bits per heavy atom. The van der Waals surface area contributed by atoms with E-state index >= 15 is 0 Å². The van der Waals surface area contributed by atoms with Crippen LogP contribution in [0.3, 0.4) is 0 Å². The smallest absolute Gasteiger partial charge is 0.140 e. The molecule has 0 atom stereocenters. The van der Waals surface area contributed by atoms with Crippen LogP contribution < -0.4 is 10.5 Å². The molecule has 20 heavy (non-hydrogen) atoms. The zero-order valence-corrected chi connectivity index (χ0v) is 12.3. The SMILES string of the molecule is Cc1cc(C)c(OCc2nc3ccccc3s2)cc1N. The zero-order chi connectivity index (χ0) is 14.1. The average molecular weight is 284 g/mol. The number of nitrogens with two attached hydrogens (primary N) is 1. The number of aromatic nitrogens is 1. The van der Waals surface area contributed by atoms with Crippen LogP contribution in [0, 0.1) is 13.8 Å². The van der Waals surface area contributed by atoms with Crippen molar-refractivity contribution in [1.29, 1.82) is 0 Å². The lowest BCUT2D eigenvalue weighted by Gasteiger charge is -2.10. The highest BCUT2D eigenvalue weighted by Crippen LogP contribution is 2.27. The molecule has 0 saturated carbocycles. The number of rotatable bonds is 3. The van der Waals surface area contributed by atoms with Crippen LogP contribution in [0.4, 0.5) is 5.69 Å². The molecule has 2 aromatic carbocycles. The van der Waals surface area contributed by atoms with Crippen LogP contribution in [0.15, 0.2) is 36.4 Å². The van der Waals surface area contributed by atoms with Crippen LogP contribution in [0.5, 0.6) is 5.75 Å². The van der Waals surface area contributed by atoms with E-state index in [2.05, 4.69) is 11.1 Å². The van der Waals surface area contributed by atoms with E-state index in [-0.39, 0.29) is 0 Å². The van der Waals surface area contributed by atoms with Crippen LogP contribution in [0.25, 0.3) is 10.2 Å². The van der Waals surface area contributed by atoms with Crippen molar-refractivity contribution in [1.82, 2.24) is 4.98 Å². The first-order valence-corrected chi connectivity index (χ1v) is 7.29. The van der Waals surface area contributed by atoms with Crippen molar-refractivity contribution >= 4 is 27.2 Å². The molecule has 0 unspecified atom stereocenters. The molecule has 1 heterocycles. The van der Waals surface area contributed by atoms with Crippen LogP contribution >= 0.6 is 11.3 Å². The van der Waals surface area contributed by atoms with E-state index in [1.165, 1.54) is 4.70 Å². The number of hydrogen-bond donors (Lipinski definition) is 1. The Labute approximate surface area is 122 Å². The van der Waals surface area contributed by atoms with Gasteiger partial charge in [-0.1, -0.05) is 18.2 Å². The number of fused-ring (bicyclic) bond motifs is 1. The predicted octanol–water partition coefficient (Wildman–Crippen LogP) is 4.07. The molecule has 0 saturated heterocycles. The summed E-state index contributed by atoms with van der Waals surface area (Å²) in [5.74, 6) is 0.826. The van der Waals surface area contributed by atoms with Gasteiger partial charge in [-0.05, 0) is 37.1 Å². The molecule has 3 nitrogen and oxygen atoms in total. The first-order chi connectivity index (χ1) is 9.63. The maximum absolute atomic E-state index is 5.93. The summed E-state index contributed by atoms with van der Waals surface area (Å²) in [4.78, 5) is 4.56. The molecule has 0 aliphatic carbocycles. The molecule has 0 bridgehead atoms. The van der Waals surface area contributed by atoms with Crippen LogP contribution in [-0.2, 0) is 6.61 Å². The third-order valence-electron chi connectivity index (χ3n) is 3.25. The lowest BCUT2D eigenvalue weighted by atomic mass is 10.1. The summed E-state index contributed by atoms with van der Waals surface area (Å²) >= 11 is 1.66. The number of ether oxygens (including phenoxy) is 1. The van der Waals surface area contributed by atoms with Gasteiger partial charge in [-0.3, -0.25) is 0 Å². The van der Waals surface area contributed by atoms with Crippen molar-refractivity contribution in [2.45, 2.75) is 20.5 Å². The molecule has 4 heteroatoms. The Kier molecular flexibility index (Phi) is 3.32. The van der Waals surface area contributed by atoms with E-state index in [1.807, 2.05) is 44.2 Å². The van der Waals surface area contributed by atoms with Gasteiger partial charge >= 0.3 is 0 Å². The summed E-state index contributed by atoms with van der Waals surface area (Å²) in [5.41, 5.74) is 9.88. The van der Waals surface area contributed by atoms with Crippen LogP contribution in [-0.4, -0.2) is 4.98 Å². The van der Waals surface area contributed by atoms with Crippen molar-refractivity contribution in [2.24, 2.45) is 0 Å². The zero-order valence-electron chi connectivity index (χ0n) is 11.5. The van der Waals surface area contributed by atoms with Gasteiger partial charge in [-0.25, -0.2) is 4.98 Å². The van der Waals surface area contributed by atoms with Gasteiger partial charge < -0.3 is 10.5 Å². The number of benzene rings is 2. The van der Waals surface area contributed by atoms with Gasteiger partial charge in [0.1, 0.15) is 17.4 Å². The van der Waals surface area contributed by atoms with E-state index in [1.54, 1.807) is 11.3 Å². The van der Waals surface area contributed by atoms with Gasteiger partial charge in [0.25, 0.3) is 0 Å². The molecule has 0 radical (unpaired) electrons. The minimum atomic E-state index is 0.475. The first-order valence-electron chi connectivity index (χ1n) is 6.47. The van der Waals surface area contributed by atoms with Gasteiger partial charge in [-0.15, -0.1) is 11.3 Å². The molecular weight excluding hydrogens is 268 g/mol. The van der Waals surface area contributed by atoms with Gasteiger partial charge in [0.05, 0.1) is 10.2 Å². The normalized spacial score (nSPS) is 10.9. The summed E-state index contributed by atoms with van der Waals surface area (Å²) in [6.07, 6.45) is 0. The Morgan fingerprint density at radius 3 is 2.75 bits per heavy atom. The molecule has 0 aliphatic rings. The van der Waals surface area contributed by atoms with E-state index in [0.29, 0.717) is 6.61 Å². The van der Waals surface area contributed by atoms with Gasteiger partial charge in [0, 0.05) is 11.8 Å². The van der Waals surface area contributed by atoms with E-state index in [0.717, 1.165) is 33.1 Å². The highest BCUT2D eigenvalue weighted by atomic mass is 32.1. The van der Waals surface area contributed by atoms with Crippen LogP contribution in [0.1, 0.15) is 16.1 Å². The predicted molar refractivity (Wildman–Crippen MR) is 84.3 cm³/mol. The largest absolute Gasteiger partial charge is 0.486 e. The van der Waals surface area contributed by atoms with Gasteiger partial charge in [-0.2, -0.15) is 0 Å². The lowest BCUT2D eigenvalue weighted by Crippen LogP contribution is -1.99. The third kappa shape index (κ3) is 2.47. The Bertz CT molecular complexity index is 731. The van der Waals surface area contributed by atoms with Crippen molar-refractivity contribution in [3.8, 4) is 5.75 Å². The quantitative estimate of drug-likeness (QED) is 0.737. The fourth-order valence-electron chi connectivity index (χ4n) is 2.12. The van der Waals surface area contributed by atoms with E-state index in [4.69, 9.17) is 10.5 Å². The summed E-state index contributed by atoms with van der Waals surface area (Å²) in [6.45, 7) is 4.50. The molecule has 3 rings (SSSR count). The maximum Gasteiger partial charge on any atom is 0.140 e. The molecule has 2 N–H and O–H groups in total. The molecule has 102 valence electrons. The summed E-state index contributed by atoms with van der Waals surface area (Å²) in [5, 5.41) is 0.977. The van der Waals surface area contributed by atoms with Gasteiger partial charge in [0.15, 0.2) is 0 Å². The maximum atomic E-state index is 5.93. The Hall–Kier alpha value is -2.07. The second-order valence-electron chi connectivity index (χ2n) is 4.84. The van der Waals surface area contributed by atoms with Crippen LogP contribution in [0.2, 0.25) is 0 Å². The minimum absolute atomic E-state index is 0.475. The van der Waals surface area contributed by atoms with Gasteiger partial charge in [0.2, 0.25) is 0 Å². The third-order valence-corrected chi connectivity index (χ3v) is 4.26. The number of thiazole rings is 1. The van der Waals surface area contributed by atoms with E-state index < -0.39 is 0 Å². The molecule has 0 aliphatic heterocycles. The molecule has 3 aromatic rings. The average Bonchev–Trinajstić information content (AvgIpc) is 2.84. The second-order valence-corrected chi connectivity index (χ2v) is 5.95. The van der Waals surface area contributed by atoms with E-state index in [9.17, 15) is 0 Å². The fraction of sp³-hybridized carbons (Fsp3) is 0.188. The van der Waals surface area contributed by atoms with Crippen molar-refractivity contribution in [2.75, 3.05) is 5.73 Å². The number of hydrogen-bond acceptors (Lipinski definition) is 4. The minimum Gasteiger partial charge on any atom is -0.486 e. The second kappa shape index (κ2) is 5.13. The standard InChI is InChI=1S/C16H16N2OS/c1-10-7-11(2)14(8-12(10)17)19-9-16-18-13-5-3-4-6-15(13)20-16/h3-8H,9,17H2,1-2H3. The molecule has 0 amide bonds. The Balaban J connectivity index is 1.81. The molecule has 0 spiro atoms. The Morgan fingerprint density at radius 2 is 1.95 bits per heavy atom. The fourth-order valence-corrected chi connectivity index (χ4v) is 3.01.